The van der Waals surface area contributed by atoms with Gasteiger partial charge >= 0.3 is 5.97 Å². The summed E-state index contributed by atoms with van der Waals surface area (Å²) in [7, 11) is 3.00. The fourth-order valence-corrected chi connectivity index (χ4v) is 5.00. The van der Waals surface area contributed by atoms with Crippen molar-refractivity contribution in [3.05, 3.63) is 53.1 Å². The Kier molecular flexibility index (Phi) is 7.64. The Morgan fingerprint density at radius 1 is 1.06 bits per heavy atom. The second-order valence-electron chi connectivity index (χ2n) is 8.31. The van der Waals surface area contributed by atoms with Gasteiger partial charge in [0.25, 0.3) is 5.91 Å². The molecule has 3 heterocycles. The average Bonchev–Trinajstić information content (AvgIpc) is 3.30. The summed E-state index contributed by atoms with van der Waals surface area (Å²) in [6.45, 7) is 4.77. The molecule has 1 amide bonds. The molecule has 10 nitrogen and oxygen atoms in total. The van der Waals surface area contributed by atoms with Gasteiger partial charge in [0.1, 0.15) is 5.75 Å². The number of hydrogen-bond acceptors (Lipinski definition) is 9. The lowest BCUT2D eigenvalue weighted by molar-refractivity contribution is -0.146. The minimum Gasteiger partial charge on any atom is -0.497 e. The minimum absolute atomic E-state index is 0.184. The monoisotopic (exact) mass is 496 g/mol. The number of esters is 1. The number of carbonyl (C=O) groups is 2. The van der Waals surface area contributed by atoms with Crippen LogP contribution in [0, 0.1) is 19.8 Å². The van der Waals surface area contributed by atoms with Crippen LogP contribution in [-0.2, 0) is 15.3 Å². The molecule has 0 spiro atoms. The molecule has 2 aromatic heterocycles. The first-order valence-corrected chi connectivity index (χ1v) is 12.3. The van der Waals surface area contributed by atoms with E-state index in [2.05, 4.69) is 20.3 Å². The molecule has 1 aromatic carbocycles. The second kappa shape index (κ2) is 10.9. The number of nitrogens with zero attached hydrogens (tertiary/aromatic N) is 6. The zero-order valence-electron chi connectivity index (χ0n) is 20.2. The molecule has 4 rings (SSSR count). The first-order chi connectivity index (χ1) is 16.9. The summed E-state index contributed by atoms with van der Waals surface area (Å²) in [4.78, 5) is 36.1. The molecule has 1 fully saturated rings. The molecule has 0 atom stereocenters. The van der Waals surface area contributed by atoms with Crippen molar-refractivity contribution in [2.45, 2.75) is 37.6 Å². The van der Waals surface area contributed by atoms with Gasteiger partial charge in [0.05, 0.1) is 31.5 Å². The van der Waals surface area contributed by atoms with Crippen LogP contribution in [0.25, 0.3) is 5.69 Å². The van der Waals surface area contributed by atoms with Crippen molar-refractivity contribution in [3.63, 3.8) is 0 Å². The van der Waals surface area contributed by atoms with Gasteiger partial charge < -0.3 is 14.4 Å². The Labute approximate surface area is 208 Å². The summed E-state index contributed by atoms with van der Waals surface area (Å²) in [6.07, 6.45) is 1.12. The first kappa shape index (κ1) is 24.6. The predicted octanol–water partition coefficient (Wildman–Crippen LogP) is 3.00. The van der Waals surface area contributed by atoms with E-state index in [1.807, 2.05) is 44.2 Å². The predicted molar refractivity (Wildman–Crippen MR) is 130 cm³/mol. The number of amides is 1. The van der Waals surface area contributed by atoms with E-state index in [-0.39, 0.29) is 23.5 Å². The molecule has 0 saturated carbocycles. The van der Waals surface area contributed by atoms with Crippen LogP contribution in [-0.4, -0.2) is 69.0 Å². The highest BCUT2D eigenvalue weighted by Crippen LogP contribution is 2.26. The normalized spacial score (nSPS) is 14.1. The molecule has 0 aliphatic carbocycles. The second-order valence-corrected chi connectivity index (χ2v) is 9.25. The van der Waals surface area contributed by atoms with E-state index in [0.29, 0.717) is 42.5 Å². The van der Waals surface area contributed by atoms with Gasteiger partial charge in [0.15, 0.2) is 10.9 Å². The lowest BCUT2D eigenvalue weighted by atomic mass is 9.97. The van der Waals surface area contributed by atoms with Crippen molar-refractivity contribution in [1.82, 2.24) is 29.9 Å². The SMILES string of the molecule is COC(=O)C1CCN(C(=O)c2nnn(-c3ccc(OC)cc3)c2CSc2nc(C)cc(C)n2)CC1. The van der Waals surface area contributed by atoms with Gasteiger partial charge in [-0.2, -0.15) is 0 Å². The number of hydrogen-bond donors (Lipinski definition) is 0. The van der Waals surface area contributed by atoms with Crippen molar-refractivity contribution >= 4 is 23.6 Å². The van der Waals surface area contributed by atoms with E-state index >= 15 is 0 Å². The lowest BCUT2D eigenvalue weighted by Gasteiger charge is -2.30. The lowest BCUT2D eigenvalue weighted by Crippen LogP contribution is -2.41. The first-order valence-electron chi connectivity index (χ1n) is 11.3. The van der Waals surface area contributed by atoms with E-state index in [0.717, 1.165) is 22.8 Å². The maximum atomic E-state index is 13.5. The highest BCUT2D eigenvalue weighted by atomic mass is 32.2. The molecular formula is C24H28N6O4S. The van der Waals surface area contributed by atoms with Gasteiger partial charge in [-0.3, -0.25) is 9.59 Å². The van der Waals surface area contributed by atoms with Crippen molar-refractivity contribution < 1.29 is 19.1 Å². The number of benzene rings is 1. The average molecular weight is 497 g/mol. The van der Waals surface area contributed by atoms with E-state index in [9.17, 15) is 9.59 Å². The Balaban J connectivity index is 1.61. The Hall–Kier alpha value is -3.47. The maximum Gasteiger partial charge on any atom is 0.308 e. The Morgan fingerprint density at radius 3 is 2.31 bits per heavy atom. The number of piperidine rings is 1. The third-order valence-corrected chi connectivity index (χ3v) is 6.76. The largest absolute Gasteiger partial charge is 0.497 e. The van der Waals surface area contributed by atoms with Crippen LogP contribution in [0.2, 0.25) is 0 Å². The summed E-state index contributed by atoms with van der Waals surface area (Å²) in [5.74, 6) is 0.508. The fourth-order valence-electron chi connectivity index (χ4n) is 4.05. The number of thioether (sulfide) groups is 1. The van der Waals surface area contributed by atoms with Crippen LogP contribution in [0.5, 0.6) is 5.75 Å². The van der Waals surface area contributed by atoms with E-state index in [4.69, 9.17) is 9.47 Å². The smallest absolute Gasteiger partial charge is 0.308 e. The van der Waals surface area contributed by atoms with Crippen molar-refractivity contribution in [2.75, 3.05) is 27.3 Å². The number of methoxy groups -OCH3 is 2. The van der Waals surface area contributed by atoms with E-state index in [1.54, 1.807) is 16.7 Å². The van der Waals surface area contributed by atoms with Crippen LogP contribution in [0.3, 0.4) is 0 Å². The molecule has 0 bridgehead atoms. The van der Waals surface area contributed by atoms with Crippen LogP contribution in [0.15, 0.2) is 35.5 Å². The van der Waals surface area contributed by atoms with E-state index < -0.39 is 0 Å². The van der Waals surface area contributed by atoms with Gasteiger partial charge in [0.2, 0.25) is 0 Å². The maximum absolute atomic E-state index is 13.5. The van der Waals surface area contributed by atoms with E-state index in [1.165, 1.54) is 18.9 Å². The summed E-state index contributed by atoms with van der Waals surface area (Å²) in [6, 6.07) is 9.32. The molecule has 1 saturated heterocycles. The summed E-state index contributed by atoms with van der Waals surface area (Å²) < 4.78 is 11.8. The van der Waals surface area contributed by atoms with Crippen LogP contribution in [0.4, 0.5) is 0 Å². The van der Waals surface area contributed by atoms with Gasteiger partial charge in [-0.15, -0.1) is 5.10 Å². The number of aromatic nitrogens is 5. The quantitative estimate of drug-likeness (QED) is 0.277. The number of rotatable bonds is 7. The summed E-state index contributed by atoms with van der Waals surface area (Å²) >= 11 is 1.43. The third-order valence-electron chi connectivity index (χ3n) is 5.90. The van der Waals surface area contributed by atoms with Gasteiger partial charge in [-0.1, -0.05) is 17.0 Å². The standard InChI is InChI=1S/C24H28N6O4S/c1-15-13-16(2)26-24(25-15)35-14-20-21(22(31)29-11-9-17(10-12-29)23(32)34-4)27-28-30(20)18-5-7-19(33-3)8-6-18/h5-8,13,17H,9-12,14H2,1-4H3. The van der Waals surface area contributed by atoms with Gasteiger partial charge in [-0.25, -0.2) is 14.6 Å². The third kappa shape index (κ3) is 5.61. The van der Waals surface area contributed by atoms with Crippen LogP contribution < -0.4 is 4.74 Å². The highest BCUT2D eigenvalue weighted by molar-refractivity contribution is 7.98. The van der Waals surface area contributed by atoms with Gasteiger partial charge in [-0.05, 0) is 57.0 Å². The Bertz CT molecular complexity index is 1180. The zero-order valence-corrected chi connectivity index (χ0v) is 21.0. The fraction of sp³-hybridized carbons (Fsp3) is 0.417. The minimum atomic E-state index is -0.229. The van der Waals surface area contributed by atoms with Crippen LogP contribution >= 0.6 is 11.8 Å². The van der Waals surface area contributed by atoms with Gasteiger partial charge in [0, 0.05) is 30.2 Å². The highest BCUT2D eigenvalue weighted by Gasteiger charge is 2.31. The summed E-state index contributed by atoms with van der Waals surface area (Å²) in [5.41, 5.74) is 3.47. The van der Waals surface area contributed by atoms with Crippen molar-refractivity contribution in [3.8, 4) is 11.4 Å². The topological polar surface area (TPSA) is 112 Å². The molecule has 35 heavy (non-hydrogen) atoms. The molecule has 1 aliphatic heterocycles. The van der Waals surface area contributed by atoms with Crippen LogP contribution in [0.1, 0.15) is 40.4 Å². The molecule has 11 heteroatoms. The van der Waals surface area contributed by atoms with Crippen molar-refractivity contribution in [2.24, 2.45) is 5.92 Å². The number of likely N-dealkylation sites (tertiary alicyclic amines) is 1. The zero-order chi connectivity index (χ0) is 24.9. The Morgan fingerprint density at radius 2 is 1.71 bits per heavy atom. The number of ether oxygens (including phenoxy) is 2. The molecule has 184 valence electrons. The molecule has 1 aliphatic rings. The molecule has 0 radical (unpaired) electrons. The molecule has 0 unspecified atom stereocenters. The summed E-state index contributed by atoms with van der Waals surface area (Å²) in [5, 5.41) is 9.21. The van der Waals surface area contributed by atoms with Crippen molar-refractivity contribution in [1.29, 1.82) is 0 Å². The number of aryl methyl sites for hydroxylation is 2. The molecular weight excluding hydrogens is 468 g/mol. The molecule has 0 N–H and O–H groups in total. The number of carbonyl (C=O) groups excluding carboxylic acids is 2. The molecule has 3 aromatic rings.